The van der Waals surface area contributed by atoms with Gasteiger partial charge < -0.3 is 15.3 Å². The van der Waals surface area contributed by atoms with Gasteiger partial charge in [-0.25, -0.2) is 0 Å². The summed E-state index contributed by atoms with van der Waals surface area (Å²) in [5.74, 6) is 0.0570. The number of hydrogen-bond acceptors (Lipinski definition) is 3. The summed E-state index contributed by atoms with van der Waals surface area (Å²) in [6, 6.07) is 7.82. The molecule has 4 nitrogen and oxygen atoms in total. The number of amides is 1. The lowest BCUT2D eigenvalue weighted by atomic mass is 10.1. The van der Waals surface area contributed by atoms with Crippen molar-refractivity contribution in [2.24, 2.45) is 0 Å². The van der Waals surface area contributed by atoms with Crippen LogP contribution in [0.1, 0.15) is 31.7 Å². The van der Waals surface area contributed by atoms with E-state index in [1.165, 1.54) is 0 Å². The largest absolute Gasteiger partial charge is 0.389 e. The molecule has 20 heavy (non-hydrogen) atoms. The van der Waals surface area contributed by atoms with Gasteiger partial charge in [-0.15, -0.1) is 0 Å². The molecule has 1 aliphatic rings. The van der Waals surface area contributed by atoms with E-state index in [9.17, 15) is 9.90 Å². The number of benzene rings is 1. The Morgan fingerprint density at radius 1 is 1.50 bits per heavy atom. The van der Waals surface area contributed by atoms with Crippen LogP contribution in [0, 0.1) is 6.92 Å². The van der Waals surface area contributed by atoms with Crippen LogP contribution in [0.15, 0.2) is 24.3 Å². The molecule has 1 aromatic rings. The molecule has 1 atom stereocenters. The van der Waals surface area contributed by atoms with Gasteiger partial charge in [-0.1, -0.05) is 12.1 Å². The van der Waals surface area contributed by atoms with Crippen LogP contribution < -0.4 is 5.32 Å². The first-order valence-electron chi connectivity index (χ1n) is 7.26. The monoisotopic (exact) mass is 276 g/mol. The molecule has 1 amide bonds. The Morgan fingerprint density at radius 2 is 2.30 bits per heavy atom. The summed E-state index contributed by atoms with van der Waals surface area (Å²) in [6.45, 7) is 6.39. The second-order valence-electron chi connectivity index (χ2n) is 6.04. The number of anilines is 1. The van der Waals surface area contributed by atoms with Gasteiger partial charge in [0.1, 0.15) is 0 Å². The third kappa shape index (κ3) is 4.62. The van der Waals surface area contributed by atoms with Crippen LogP contribution in [0.5, 0.6) is 0 Å². The Hall–Kier alpha value is -1.39. The molecule has 110 valence electrons. The van der Waals surface area contributed by atoms with Crippen molar-refractivity contribution in [3.63, 3.8) is 0 Å². The molecule has 0 saturated carbocycles. The Balaban J connectivity index is 1.68. The summed E-state index contributed by atoms with van der Waals surface area (Å²) in [4.78, 5) is 14.1. The average Bonchev–Trinajstić information content (AvgIpc) is 2.69. The van der Waals surface area contributed by atoms with E-state index < -0.39 is 5.60 Å². The summed E-state index contributed by atoms with van der Waals surface area (Å²) in [5.41, 5.74) is 1.45. The first-order chi connectivity index (χ1) is 9.44. The van der Waals surface area contributed by atoms with Crippen LogP contribution in [0.25, 0.3) is 0 Å². The number of nitrogens with zero attached hydrogens (tertiary/aromatic N) is 1. The van der Waals surface area contributed by atoms with Crippen molar-refractivity contribution < 1.29 is 9.90 Å². The van der Waals surface area contributed by atoms with Crippen LogP contribution >= 0.6 is 0 Å². The number of β-amino-alcohol motifs (C(OH)–C–C–N with tert-alkyl or cyclic N) is 1. The van der Waals surface area contributed by atoms with Crippen LogP contribution in [0.4, 0.5) is 5.69 Å². The number of carbonyl (C=O) groups is 1. The first kappa shape index (κ1) is 15.0. The topological polar surface area (TPSA) is 52.6 Å². The molecule has 1 aromatic carbocycles. The summed E-state index contributed by atoms with van der Waals surface area (Å²) in [6.07, 6.45) is 2.17. The highest BCUT2D eigenvalue weighted by atomic mass is 16.3. The van der Waals surface area contributed by atoms with Gasteiger partial charge in [-0.05, 0) is 50.9 Å². The molecule has 0 spiro atoms. The number of nitrogens with one attached hydrogen (secondary N) is 1. The quantitative estimate of drug-likeness (QED) is 0.866. The summed E-state index contributed by atoms with van der Waals surface area (Å²) < 4.78 is 0. The number of rotatable bonds is 5. The Morgan fingerprint density at radius 3 is 2.95 bits per heavy atom. The molecule has 0 aromatic heterocycles. The average molecular weight is 276 g/mol. The lowest BCUT2D eigenvalue weighted by Gasteiger charge is -2.18. The Kier molecular flexibility index (Phi) is 4.78. The van der Waals surface area contributed by atoms with Crippen molar-refractivity contribution >= 4 is 11.6 Å². The van der Waals surface area contributed by atoms with Crippen molar-refractivity contribution in [1.82, 2.24) is 4.90 Å². The molecule has 1 unspecified atom stereocenters. The zero-order valence-corrected chi connectivity index (χ0v) is 12.4. The van der Waals surface area contributed by atoms with Crippen LogP contribution in [0.3, 0.4) is 0 Å². The minimum Gasteiger partial charge on any atom is -0.389 e. The smallest absolute Gasteiger partial charge is 0.224 e. The highest BCUT2D eigenvalue weighted by Crippen LogP contribution is 2.20. The van der Waals surface area contributed by atoms with Gasteiger partial charge in [-0.2, -0.15) is 0 Å². The van der Waals surface area contributed by atoms with Crippen molar-refractivity contribution in [2.45, 2.75) is 38.7 Å². The minimum atomic E-state index is -0.552. The fraction of sp³-hybridized carbons (Fsp3) is 0.562. The van der Waals surface area contributed by atoms with Crippen molar-refractivity contribution in [3.8, 4) is 0 Å². The van der Waals surface area contributed by atoms with Gasteiger partial charge in [0.15, 0.2) is 0 Å². The molecule has 2 rings (SSSR count). The van der Waals surface area contributed by atoms with Gasteiger partial charge in [0.25, 0.3) is 0 Å². The molecule has 1 aliphatic heterocycles. The summed E-state index contributed by atoms with van der Waals surface area (Å²) in [7, 11) is 0. The standard InChI is InChI=1S/C16H24N2O2/c1-13-5-3-6-14(11-13)17-15(19)7-4-9-18-10-8-16(2,20)12-18/h3,5-6,11,20H,4,7-10,12H2,1-2H3,(H,17,19). The van der Waals surface area contributed by atoms with Crippen LogP contribution in [0.2, 0.25) is 0 Å². The number of hydrogen-bond donors (Lipinski definition) is 2. The number of aliphatic hydroxyl groups is 1. The predicted molar refractivity (Wildman–Crippen MR) is 80.7 cm³/mol. The second-order valence-corrected chi connectivity index (χ2v) is 6.04. The van der Waals surface area contributed by atoms with E-state index >= 15 is 0 Å². The molecule has 1 saturated heterocycles. The molecule has 0 radical (unpaired) electrons. The molecule has 0 aliphatic carbocycles. The minimum absolute atomic E-state index is 0.0570. The van der Waals surface area contributed by atoms with Gasteiger partial charge in [-0.3, -0.25) is 4.79 Å². The fourth-order valence-corrected chi connectivity index (χ4v) is 2.64. The number of carbonyl (C=O) groups excluding carboxylic acids is 1. The van der Waals surface area contributed by atoms with Gasteiger partial charge in [0.05, 0.1) is 5.60 Å². The Labute approximate surface area is 120 Å². The molecule has 0 bridgehead atoms. The lowest BCUT2D eigenvalue weighted by Crippen LogP contribution is -2.30. The maximum atomic E-state index is 11.8. The predicted octanol–water partition coefficient (Wildman–Crippen LogP) is 2.17. The molecule has 4 heteroatoms. The van der Waals surface area contributed by atoms with E-state index in [2.05, 4.69) is 10.2 Å². The summed E-state index contributed by atoms with van der Waals surface area (Å²) >= 11 is 0. The fourth-order valence-electron chi connectivity index (χ4n) is 2.64. The zero-order chi connectivity index (χ0) is 14.6. The van der Waals surface area contributed by atoms with E-state index in [4.69, 9.17) is 0 Å². The van der Waals surface area contributed by atoms with Gasteiger partial charge in [0.2, 0.25) is 5.91 Å². The van der Waals surface area contributed by atoms with Crippen molar-refractivity contribution in [1.29, 1.82) is 0 Å². The normalized spacial score (nSPS) is 22.9. The molecule has 1 heterocycles. The van der Waals surface area contributed by atoms with E-state index in [1.54, 1.807) is 0 Å². The first-order valence-corrected chi connectivity index (χ1v) is 7.26. The van der Waals surface area contributed by atoms with E-state index in [-0.39, 0.29) is 5.91 Å². The lowest BCUT2D eigenvalue weighted by molar-refractivity contribution is -0.116. The highest BCUT2D eigenvalue weighted by molar-refractivity contribution is 5.90. The number of likely N-dealkylation sites (tertiary alicyclic amines) is 1. The molecule has 1 fully saturated rings. The Bertz CT molecular complexity index is 471. The third-order valence-electron chi connectivity index (χ3n) is 3.71. The van der Waals surface area contributed by atoms with Gasteiger partial charge >= 0.3 is 0 Å². The van der Waals surface area contributed by atoms with Crippen molar-refractivity contribution in [2.75, 3.05) is 25.0 Å². The number of aryl methyl sites for hydroxylation is 1. The van der Waals surface area contributed by atoms with Crippen molar-refractivity contribution in [3.05, 3.63) is 29.8 Å². The van der Waals surface area contributed by atoms with Crippen LogP contribution in [-0.4, -0.2) is 41.1 Å². The zero-order valence-electron chi connectivity index (χ0n) is 12.4. The SMILES string of the molecule is Cc1cccc(NC(=O)CCCN2CCC(C)(O)C2)c1. The van der Waals surface area contributed by atoms with E-state index in [0.717, 1.165) is 37.2 Å². The highest BCUT2D eigenvalue weighted by Gasteiger charge is 2.30. The van der Waals surface area contributed by atoms with E-state index in [1.807, 2.05) is 38.1 Å². The molecular weight excluding hydrogens is 252 g/mol. The molecule has 2 N–H and O–H groups in total. The third-order valence-corrected chi connectivity index (χ3v) is 3.71. The van der Waals surface area contributed by atoms with Crippen LogP contribution in [-0.2, 0) is 4.79 Å². The molecular formula is C16H24N2O2. The second kappa shape index (κ2) is 6.37. The maximum Gasteiger partial charge on any atom is 0.224 e. The summed E-state index contributed by atoms with van der Waals surface area (Å²) in [5, 5.41) is 12.8. The van der Waals surface area contributed by atoms with Gasteiger partial charge in [0, 0.05) is 25.2 Å². The van der Waals surface area contributed by atoms with E-state index in [0.29, 0.717) is 13.0 Å². The maximum absolute atomic E-state index is 11.8.